The smallest absolute Gasteiger partial charge is 0.313 e. The number of benzene rings is 2. The summed E-state index contributed by atoms with van der Waals surface area (Å²) in [5.41, 5.74) is 1.87. The highest BCUT2D eigenvalue weighted by molar-refractivity contribution is 6.05. The summed E-state index contributed by atoms with van der Waals surface area (Å²) in [6.45, 7) is 5.38. The van der Waals surface area contributed by atoms with Gasteiger partial charge in [0.05, 0.1) is 18.0 Å². The number of halogens is 1. The van der Waals surface area contributed by atoms with Crippen molar-refractivity contribution in [3.63, 3.8) is 0 Å². The Morgan fingerprint density at radius 2 is 1.96 bits per heavy atom. The number of esters is 1. The zero-order valence-corrected chi connectivity index (χ0v) is 15.3. The molecule has 0 saturated carbocycles. The van der Waals surface area contributed by atoms with Crippen molar-refractivity contribution in [1.82, 2.24) is 4.57 Å². The number of nitrogens with zero attached hydrogens (tertiary/aromatic N) is 1. The number of hydrogen-bond acceptors (Lipinski definition) is 4. The Morgan fingerprint density at radius 1 is 1.22 bits per heavy atom. The van der Waals surface area contributed by atoms with Gasteiger partial charge in [-0.3, -0.25) is 14.2 Å². The van der Waals surface area contributed by atoms with Gasteiger partial charge in [0.1, 0.15) is 11.6 Å². The largest absolute Gasteiger partial charge is 0.508 e. The van der Waals surface area contributed by atoms with E-state index in [-0.39, 0.29) is 17.9 Å². The molecule has 5 nitrogen and oxygen atoms in total. The molecule has 1 heterocycles. The lowest BCUT2D eigenvalue weighted by molar-refractivity contribution is -0.144. The number of phenols is 1. The number of phenolic OH excluding ortho intramolecular Hbond substituents is 1. The van der Waals surface area contributed by atoms with Crippen molar-refractivity contribution in [3.05, 3.63) is 65.1 Å². The van der Waals surface area contributed by atoms with Crippen molar-refractivity contribution in [2.24, 2.45) is 0 Å². The zero-order chi connectivity index (χ0) is 19.7. The van der Waals surface area contributed by atoms with Crippen molar-refractivity contribution >= 4 is 22.8 Å². The fourth-order valence-corrected chi connectivity index (χ4v) is 3.37. The highest BCUT2D eigenvalue weighted by atomic mass is 19.1. The third-order valence-electron chi connectivity index (χ3n) is 4.58. The summed E-state index contributed by atoms with van der Waals surface area (Å²) < 4.78 is 20.1. The van der Waals surface area contributed by atoms with Crippen LogP contribution in [0.4, 0.5) is 4.39 Å². The van der Waals surface area contributed by atoms with Crippen LogP contribution in [0.1, 0.15) is 41.4 Å². The van der Waals surface area contributed by atoms with Crippen LogP contribution in [0.2, 0.25) is 0 Å². The summed E-state index contributed by atoms with van der Waals surface area (Å²) in [5.74, 6) is -1.94. The zero-order valence-electron chi connectivity index (χ0n) is 15.3. The maximum absolute atomic E-state index is 13.6. The molecule has 140 valence electrons. The van der Waals surface area contributed by atoms with Gasteiger partial charge >= 0.3 is 5.97 Å². The van der Waals surface area contributed by atoms with Gasteiger partial charge < -0.3 is 9.84 Å². The molecule has 2 aromatic carbocycles. The van der Waals surface area contributed by atoms with Gasteiger partial charge in [0.15, 0.2) is 0 Å². The van der Waals surface area contributed by atoms with E-state index in [1.807, 2.05) is 0 Å². The first-order valence-corrected chi connectivity index (χ1v) is 8.66. The maximum Gasteiger partial charge on any atom is 0.313 e. The van der Waals surface area contributed by atoms with Crippen molar-refractivity contribution in [2.45, 2.75) is 26.7 Å². The van der Waals surface area contributed by atoms with Crippen molar-refractivity contribution in [3.8, 4) is 5.75 Å². The molecule has 0 aliphatic heterocycles. The molecule has 0 fully saturated rings. The predicted molar refractivity (Wildman–Crippen MR) is 99.5 cm³/mol. The average Bonchev–Trinajstić information content (AvgIpc) is 2.91. The number of aromatic nitrogens is 1. The predicted octanol–water partition coefficient (Wildman–Crippen LogP) is 4.15. The average molecular weight is 369 g/mol. The van der Waals surface area contributed by atoms with E-state index in [1.54, 1.807) is 26.8 Å². The van der Waals surface area contributed by atoms with Gasteiger partial charge in [-0.25, -0.2) is 4.39 Å². The molecule has 0 bridgehead atoms. The van der Waals surface area contributed by atoms with Gasteiger partial charge in [-0.15, -0.1) is 0 Å². The van der Waals surface area contributed by atoms with E-state index in [0.717, 1.165) is 0 Å². The highest BCUT2D eigenvalue weighted by Gasteiger charge is 2.27. The van der Waals surface area contributed by atoms with Crippen LogP contribution in [0.15, 0.2) is 42.5 Å². The standard InChI is InChI=1S/C21H20FNO4/c1-4-27-21(26)12(2)19-13(3)23(18-9-8-16(24)11-17(18)19)20(25)14-6-5-7-15(22)10-14/h5-12,24H,4H2,1-3H3/t12-/m0/s1. The Kier molecular flexibility index (Phi) is 4.99. The summed E-state index contributed by atoms with van der Waals surface area (Å²) in [6.07, 6.45) is 0. The molecular formula is C21H20FNO4. The van der Waals surface area contributed by atoms with Crippen LogP contribution in [0.3, 0.4) is 0 Å². The molecular weight excluding hydrogens is 349 g/mol. The Bertz CT molecular complexity index is 1040. The molecule has 0 saturated heterocycles. The minimum absolute atomic E-state index is 0.0233. The van der Waals surface area contributed by atoms with E-state index in [2.05, 4.69) is 0 Å². The number of fused-ring (bicyclic) bond motifs is 1. The second kappa shape index (κ2) is 7.23. The van der Waals surface area contributed by atoms with Crippen LogP contribution < -0.4 is 0 Å². The molecule has 1 aromatic heterocycles. The molecule has 3 rings (SSSR count). The van der Waals surface area contributed by atoms with E-state index in [4.69, 9.17) is 4.74 Å². The number of ether oxygens (including phenoxy) is 1. The van der Waals surface area contributed by atoms with Crippen LogP contribution in [0.25, 0.3) is 10.9 Å². The molecule has 1 N–H and O–H groups in total. The molecule has 0 aliphatic rings. The summed E-state index contributed by atoms with van der Waals surface area (Å²) in [5, 5.41) is 10.5. The number of carbonyl (C=O) groups excluding carboxylic acids is 2. The Morgan fingerprint density at radius 3 is 2.63 bits per heavy atom. The van der Waals surface area contributed by atoms with Gasteiger partial charge in [-0.05, 0) is 62.7 Å². The number of carbonyl (C=O) groups is 2. The number of rotatable bonds is 4. The van der Waals surface area contributed by atoms with Gasteiger partial charge in [0.25, 0.3) is 5.91 Å². The summed E-state index contributed by atoms with van der Waals surface area (Å²) in [7, 11) is 0. The monoisotopic (exact) mass is 369 g/mol. The fourth-order valence-electron chi connectivity index (χ4n) is 3.37. The van der Waals surface area contributed by atoms with Crippen LogP contribution in [0, 0.1) is 12.7 Å². The van der Waals surface area contributed by atoms with E-state index < -0.39 is 23.6 Å². The topological polar surface area (TPSA) is 68.5 Å². The lowest BCUT2D eigenvalue weighted by atomic mass is 9.98. The molecule has 0 radical (unpaired) electrons. The lowest BCUT2D eigenvalue weighted by Crippen LogP contribution is -2.16. The minimum atomic E-state index is -0.629. The summed E-state index contributed by atoms with van der Waals surface area (Å²) in [6, 6.07) is 10.0. The van der Waals surface area contributed by atoms with Crippen LogP contribution in [-0.2, 0) is 9.53 Å². The normalized spacial score (nSPS) is 12.1. The quantitative estimate of drug-likeness (QED) is 0.702. The molecule has 0 amide bonds. The second-order valence-electron chi connectivity index (χ2n) is 6.33. The van der Waals surface area contributed by atoms with Crippen LogP contribution in [0.5, 0.6) is 5.75 Å². The SMILES string of the molecule is CCOC(=O)[C@@H](C)c1c(C)n(C(=O)c2cccc(F)c2)c2ccc(O)cc12. The Hall–Kier alpha value is -3.15. The molecule has 3 aromatic rings. The van der Waals surface area contributed by atoms with Gasteiger partial charge in [0, 0.05) is 16.6 Å². The van der Waals surface area contributed by atoms with Crippen LogP contribution >= 0.6 is 0 Å². The van der Waals surface area contributed by atoms with E-state index in [9.17, 15) is 19.1 Å². The Balaban J connectivity index is 2.24. The third kappa shape index (κ3) is 3.30. The maximum atomic E-state index is 13.6. The molecule has 27 heavy (non-hydrogen) atoms. The second-order valence-corrected chi connectivity index (χ2v) is 6.33. The van der Waals surface area contributed by atoms with Gasteiger partial charge in [0.2, 0.25) is 0 Å². The van der Waals surface area contributed by atoms with Crippen molar-refractivity contribution in [2.75, 3.05) is 6.61 Å². The number of hydrogen-bond donors (Lipinski definition) is 1. The first-order chi connectivity index (χ1) is 12.8. The van der Waals surface area contributed by atoms with E-state index in [1.165, 1.54) is 41.0 Å². The van der Waals surface area contributed by atoms with Crippen molar-refractivity contribution < 1.29 is 23.8 Å². The summed E-state index contributed by atoms with van der Waals surface area (Å²) >= 11 is 0. The first kappa shape index (κ1) is 18.6. The molecule has 6 heteroatoms. The highest BCUT2D eigenvalue weighted by Crippen LogP contribution is 2.35. The summed E-state index contributed by atoms with van der Waals surface area (Å²) in [4.78, 5) is 25.4. The molecule has 0 unspecified atom stereocenters. The lowest BCUT2D eigenvalue weighted by Gasteiger charge is -2.12. The molecule has 1 atom stereocenters. The van der Waals surface area contributed by atoms with Crippen molar-refractivity contribution in [1.29, 1.82) is 0 Å². The fraction of sp³-hybridized carbons (Fsp3) is 0.238. The van der Waals surface area contributed by atoms with E-state index >= 15 is 0 Å². The molecule has 0 aliphatic carbocycles. The van der Waals surface area contributed by atoms with Gasteiger partial charge in [-0.2, -0.15) is 0 Å². The minimum Gasteiger partial charge on any atom is -0.508 e. The van der Waals surface area contributed by atoms with Gasteiger partial charge in [-0.1, -0.05) is 6.07 Å². The van der Waals surface area contributed by atoms with Crippen LogP contribution in [-0.4, -0.2) is 28.2 Å². The molecule has 0 spiro atoms. The Labute approximate surface area is 156 Å². The first-order valence-electron chi connectivity index (χ1n) is 8.66. The number of aromatic hydroxyl groups is 1. The van der Waals surface area contributed by atoms with E-state index in [0.29, 0.717) is 22.2 Å². The third-order valence-corrected chi connectivity index (χ3v) is 4.58.